The molecule has 3 atom stereocenters. The predicted molar refractivity (Wildman–Crippen MR) is 179 cm³/mol. The van der Waals surface area contributed by atoms with E-state index in [1.807, 2.05) is 0 Å². The van der Waals surface area contributed by atoms with Crippen LogP contribution in [0.2, 0.25) is 0 Å². The zero-order chi connectivity index (χ0) is 35.8. The molecular weight excluding hydrogens is 669 g/mol. The maximum Gasteiger partial charge on any atom is 0.419 e. The summed E-state index contributed by atoms with van der Waals surface area (Å²) in [5, 5.41) is 21.5. The number of carbonyl (C=O) groups excluding carboxylic acids is 2. The van der Waals surface area contributed by atoms with Crippen molar-refractivity contribution in [2.75, 3.05) is 35.2 Å². The number of ether oxygens (including phenoxy) is 1. The van der Waals surface area contributed by atoms with Crippen LogP contribution in [0.15, 0.2) is 79.8 Å². The van der Waals surface area contributed by atoms with Crippen molar-refractivity contribution in [2.24, 2.45) is 11.8 Å². The van der Waals surface area contributed by atoms with Gasteiger partial charge in [0.25, 0.3) is 5.91 Å². The molecule has 1 aliphatic rings. The Kier molecular flexibility index (Phi) is 10.7. The van der Waals surface area contributed by atoms with Gasteiger partial charge in [0.2, 0.25) is 17.8 Å². The molecule has 18 heteroatoms. The van der Waals surface area contributed by atoms with Gasteiger partial charge >= 0.3 is 6.18 Å². The summed E-state index contributed by atoms with van der Waals surface area (Å²) in [5.74, 6) is -2.10. The van der Waals surface area contributed by atoms with Crippen LogP contribution in [0.5, 0.6) is 0 Å². The number of anilines is 3. The molecule has 1 saturated heterocycles. The number of nitrogens with one attached hydrogen (secondary N) is 4. The minimum Gasteiger partial charge on any atom is -0.368 e. The third-order valence-corrected chi connectivity index (χ3v) is 8.21. The van der Waals surface area contributed by atoms with Gasteiger partial charge in [0, 0.05) is 31.7 Å². The number of H-pyrrole nitrogens is 2. The van der Waals surface area contributed by atoms with Gasteiger partial charge in [-0.15, -0.1) is 27.0 Å². The average Bonchev–Trinajstić information content (AvgIpc) is 3.82. The highest BCUT2D eigenvalue weighted by atomic mass is 19.4. The molecule has 2 amide bonds. The van der Waals surface area contributed by atoms with Gasteiger partial charge < -0.3 is 19.6 Å². The third-order valence-electron chi connectivity index (χ3n) is 8.21. The van der Waals surface area contributed by atoms with Crippen molar-refractivity contribution in [3.05, 3.63) is 85.3 Å². The van der Waals surface area contributed by atoms with Crippen molar-refractivity contribution in [3.63, 3.8) is 0 Å². The second-order valence-electron chi connectivity index (χ2n) is 11.6. The molecule has 0 bridgehead atoms. The zero-order valence-electron chi connectivity index (χ0n) is 27.0. The molecule has 264 valence electrons. The minimum absolute atomic E-state index is 0.0240. The van der Waals surface area contributed by atoms with Crippen molar-refractivity contribution in [1.82, 2.24) is 45.3 Å². The number of hydrogen-bond acceptors (Lipinski definition) is 11. The average molecular weight is 703 g/mol. The van der Waals surface area contributed by atoms with Crippen LogP contribution in [0.3, 0.4) is 0 Å². The number of carbonyl (C=O) groups is 2. The van der Waals surface area contributed by atoms with Gasteiger partial charge in [-0.25, -0.2) is 4.98 Å². The molecule has 1 aliphatic heterocycles. The molecule has 4 N–H and O–H groups in total. The molecule has 5 aromatic heterocycles. The molecule has 0 saturated carbocycles. The predicted octanol–water partition coefficient (Wildman–Crippen LogP) is 4.53. The Morgan fingerprint density at radius 2 is 1.57 bits per heavy atom. The van der Waals surface area contributed by atoms with Gasteiger partial charge in [0.05, 0.1) is 18.1 Å². The number of aromatic nitrogens is 9. The van der Waals surface area contributed by atoms with E-state index in [4.69, 9.17) is 4.74 Å². The van der Waals surface area contributed by atoms with Crippen LogP contribution >= 0.6 is 0 Å². The largest absolute Gasteiger partial charge is 0.419 e. The van der Waals surface area contributed by atoms with Gasteiger partial charge in [-0.05, 0) is 61.6 Å². The van der Waals surface area contributed by atoms with E-state index < -0.39 is 41.5 Å². The van der Waals surface area contributed by atoms with Crippen molar-refractivity contribution in [3.8, 4) is 23.0 Å². The summed E-state index contributed by atoms with van der Waals surface area (Å²) in [5.41, 5.74) is 0.0943. The fraction of sp³-hybridized carbons (Fsp3) is 0.303. The first-order chi connectivity index (χ1) is 24.7. The van der Waals surface area contributed by atoms with Crippen LogP contribution in [0.25, 0.3) is 23.0 Å². The Morgan fingerprint density at radius 3 is 2.18 bits per heavy atom. The maximum atomic E-state index is 14.0. The second kappa shape index (κ2) is 15.7. The van der Waals surface area contributed by atoms with Crippen LogP contribution < -0.4 is 15.5 Å². The fourth-order valence-electron chi connectivity index (χ4n) is 5.74. The van der Waals surface area contributed by atoms with Gasteiger partial charge in [0.15, 0.2) is 11.6 Å². The molecule has 0 aliphatic carbocycles. The van der Waals surface area contributed by atoms with Crippen LogP contribution in [0.4, 0.5) is 30.9 Å². The number of pyridine rings is 3. The van der Waals surface area contributed by atoms with Gasteiger partial charge in [-0.1, -0.05) is 18.2 Å². The Balaban J connectivity index is 1.24. The van der Waals surface area contributed by atoms with Crippen molar-refractivity contribution < 1.29 is 27.5 Å². The Bertz CT molecular complexity index is 1940. The summed E-state index contributed by atoms with van der Waals surface area (Å²) in [6.45, 7) is 3.87. The fourth-order valence-corrected chi connectivity index (χ4v) is 5.74. The van der Waals surface area contributed by atoms with E-state index in [1.54, 1.807) is 54.9 Å². The lowest BCUT2D eigenvalue weighted by atomic mass is 9.80. The molecule has 15 nitrogen and oxygen atoms in total. The Labute approximate surface area is 289 Å². The molecule has 5 aromatic rings. The number of alkyl halides is 3. The number of piperidine rings is 1. The Hall–Kier alpha value is -6.04. The molecule has 1 fully saturated rings. The van der Waals surface area contributed by atoms with E-state index in [0.29, 0.717) is 29.5 Å². The SMILES string of the molecule is C=CCCOC(CC1CCN(c2ncccc2C(F)(F)F)CC1C(=O)Nc1nnc(-c2ccccn2)[nH]1)C(=O)Nc1nnc(-c2ccccn2)[nH]1. The standard InChI is InChI=1S/C33H33F3N12O3/c1-2-3-17-51-25(30(50)43-32-41-27(45-47-32)24-11-5-7-14-38-24)18-20-12-16-48(28-22(33(34,35)36)9-8-15-39-28)19-21(20)29(49)42-31-40-26(44-46-31)23-10-4-6-13-37-23/h2,4-11,13-15,20-21,25H,1,3,12,16-19H2,(H2,40,42,44,46,49)(H2,41,43,45,47,50). The topological polar surface area (TPSA) is 192 Å². The van der Waals surface area contributed by atoms with E-state index in [9.17, 15) is 22.8 Å². The van der Waals surface area contributed by atoms with E-state index in [1.165, 1.54) is 17.2 Å². The molecule has 0 spiro atoms. The highest BCUT2D eigenvalue weighted by molar-refractivity contribution is 5.94. The normalized spacial score (nSPS) is 16.7. The quantitative estimate of drug-likeness (QED) is 0.0995. The summed E-state index contributed by atoms with van der Waals surface area (Å²) >= 11 is 0. The number of rotatable bonds is 13. The number of hydrogen-bond donors (Lipinski definition) is 4. The molecular formula is C33H33F3N12O3. The van der Waals surface area contributed by atoms with Crippen LogP contribution in [-0.4, -0.2) is 82.9 Å². The van der Waals surface area contributed by atoms with Gasteiger partial charge in [-0.2, -0.15) is 13.2 Å². The first-order valence-electron chi connectivity index (χ1n) is 16.0. The van der Waals surface area contributed by atoms with Gasteiger partial charge in [0.1, 0.15) is 23.3 Å². The monoisotopic (exact) mass is 702 g/mol. The second-order valence-corrected chi connectivity index (χ2v) is 11.6. The third kappa shape index (κ3) is 8.58. The molecule has 0 radical (unpaired) electrons. The number of amides is 2. The minimum atomic E-state index is -4.67. The van der Waals surface area contributed by atoms with E-state index in [0.717, 1.165) is 6.07 Å². The van der Waals surface area contributed by atoms with E-state index >= 15 is 0 Å². The summed E-state index contributed by atoms with van der Waals surface area (Å²) in [6.07, 6.45) is 1.09. The van der Waals surface area contributed by atoms with E-state index in [-0.39, 0.29) is 50.3 Å². The molecule has 0 aromatic carbocycles. The van der Waals surface area contributed by atoms with Crippen molar-refractivity contribution >= 4 is 29.5 Å². The van der Waals surface area contributed by atoms with Crippen molar-refractivity contribution in [2.45, 2.75) is 31.5 Å². The molecule has 6 heterocycles. The first kappa shape index (κ1) is 34.8. The van der Waals surface area contributed by atoms with Crippen molar-refractivity contribution in [1.29, 1.82) is 0 Å². The van der Waals surface area contributed by atoms with Crippen LogP contribution in [0.1, 0.15) is 24.8 Å². The smallest absolute Gasteiger partial charge is 0.368 e. The number of aromatic amines is 2. The summed E-state index contributed by atoms with van der Waals surface area (Å²) < 4.78 is 48.0. The molecule has 3 unspecified atom stereocenters. The van der Waals surface area contributed by atoms with Crippen LogP contribution in [-0.2, 0) is 20.5 Å². The van der Waals surface area contributed by atoms with Crippen LogP contribution in [0, 0.1) is 11.8 Å². The lowest BCUT2D eigenvalue weighted by molar-refractivity contribution is -0.137. The summed E-state index contributed by atoms with van der Waals surface area (Å²) in [7, 11) is 0. The van der Waals surface area contributed by atoms with Gasteiger partial charge in [-0.3, -0.25) is 30.2 Å². The van der Waals surface area contributed by atoms with E-state index in [2.05, 4.69) is 62.5 Å². The first-order valence-corrected chi connectivity index (χ1v) is 16.0. The highest BCUT2D eigenvalue weighted by Crippen LogP contribution is 2.38. The zero-order valence-corrected chi connectivity index (χ0v) is 27.0. The lowest BCUT2D eigenvalue weighted by Gasteiger charge is -2.40. The molecule has 51 heavy (non-hydrogen) atoms. The summed E-state index contributed by atoms with van der Waals surface area (Å²) in [6, 6.07) is 12.6. The Morgan fingerprint density at radius 1 is 0.922 bits per heavy atom. The number of halogens is 3. The maximum absolute atomic E-state index is 14.0. The lowest BCUT2D eigenvalue weighted by Crippen LogP contribution is -2.48. The summed E-state index contributed by atoms with van der Waals surface area (Å²) in [4.78, 5) is 47.3. The highest BCUT2D eigenvalue weighted by Gasteiger charge is 2.41. The number of nitrogens with zero attached hydrogens (tertiary/aromatic N) is 8. The molecule has 6 rings (SSSR count).